The number of amides is 1. The van der Waals surface area contributed by atoms with E-state index in [9.17, 15) is 20.0 Å². The molecule has 9 heteroatoms. The van der Waals surface area contributed by atoms with Crippen LogP contribution in [-0.4, -0.2) is 33.7 Å². The van der Waals surface area contributed by atoms with Gasteiger partial charge in [-0.15, -0.1) is 5.10 Å². The molecule has 0 saturated carbocycles. The number of hydrogen-bond donors (Lipinski definition) is 3. The minimum Gasteiger partial charge on any atom is -0.480 e. The number of nitriles is 1. The predicted octanol–water partition coefficient (Wildman–Crippen LogP) is 1.17. The Morgan fingerprint density at radius 3 is 2.89 bits per heavy atom. The topological polar surface area (TPSA) is 145 Å². The molecule has 0 aliphatic carbocycles. The summed E-state index contributed by atoms with van der Waals surface area (Å²) < 4.78 is 5.53. The molecule has 0 saturated heterocycles. The van der Waals surface area contributed by atoms with Gasteiger partial charge in [0.25, 0.3) is 0 Å². The van der Waals surface area contributed by atoms with E-state index >= 15 is 0 Å². The Morgan fingerprint density at radius 2 is 2.21 bits per heavy atom. The summed E-state index contributed by atoms with van der Waals surface area (Å²) in [5.74, 6) is -1.81. The van der Waals surface area contributed by atoms with E-state index < -0.39 is 23.8 Å². The summed E-state index contributed by atoms with van der Waals surface area (Å²) in [6.45, 7) is 1.44. The number of anilines is 1. The van der Waals surface area contributed by atoms with Crippen LogP contribution in [0.5, 0.6) is 5.88 Å². The fraction of sp³-hybridized carbons (Fsp3) is 0.263. The van der Waals surface area contributed by atoms with Crippen molar-refractivity contribution < 1.29 is 19.4 Å². The predicted molar refractivity (Wildman–Crippen MR) is 97.2 cm³/mol. The lowest BCUT2D eigenvalue weighted by Gasteiger charge is -2.32. The van der Waals surface area contributed by atoms with E-state index in [0.29, 0.717) is 28.9 Å². The number of aromatic nitrogens is 2. The Hall–Kier alpha value is -3.80. The number of carbonyl (C=O) groups excluding carboxylic acids is 1. The number of aromatic amines is 1. The van der Waals surface area contributed by atoms with Crippen molar-refractivity contribution in [2.24, 2.45) is 5.73 Å². The number of aliphatic carboxylic acids is 1. The van der Waals surface area contributed by atoms with E-state index in [1.807, 2.05) is 13.0 Å². The second-order valence-electron chi connectivity index (χ2n) is 6.64. The number of carbonyl (C=O) groups is 2. The Kier molecular flexibility index (Phi) is 3.85. The molecule has 2 aliphatic heterocycles. The van der Waals surface area contributed by atoms with Crippen LogP contribution in [0.1, 0.15) is 30.2 Å². The molecule has 1 spiro atoms. The second-order valence-corrected chi connectivity index (χ2v) is 6.64. The van der Waals surface area contributed by atoms with Gasteiger partial charge in [0.15, 0.2) is 0 Å². The van der Waals surface area contributed by atoms with Crippen molar-refractivity contribution >= 4 is 17.6 Å². The monoisotopic (exact) mass is 379 g/mol. The normalized spacial score (nSPS) is 20.0. The molecule has 1 amide bonds. The molecule has 4 rings (SSSR count). The summed E-state index contributed by atoms with van der Waals surface area (Å²) in [4.78, 5) is 26.3. The Balaban J connectivity index is 2.10. The second kappa shape index (κ2) is 6.13. The number of para-hydroxylation sites is 1. The number of carboxylic acids is 1. The zero-order valence-electron chi connectivity index (χ0n) is 15.0. The summed E-state index contributed by atoms with van der Waals surface area (Å²) in [7, 11) is 0. The molecular formula is C19H17N5O4. The average molecular weight is 379 g/mol. The molecule has 0 fully saturated rings. The number of H-pyrrole nitrogens is 1. The van der Waals surface area contributed by atoms with Gasteiger partial charge in [-0.2, -0.15) is 5.26 Å². The number of benzene rings is 1. The van der Waals surface area contributed by atoms with Crippen molar-refractivity contribution in [2.75, 3.05) is 11.4 Å². The van der Waals surface area contributed by atoms with Crippen molar-refractivity contribution in [3.63, 3.8) is 0 Å². The highest BCUT2D eigenvalue weighted by Crippen LogP contribution is 2.55. The van der Waals surface area contributed by atoms with Crippen molar-refractivity contribution in [3.8, 4) is 11.9 Å². The summed E-state index contributed by atoms with van der Waals surface area (Å²) in [6.07, 6.45) is 1.33. The third kappa shape index (κ3) is 2.08. The van der Waals surface area contributed by atoms with Gasteiger partial charge in [0.2, 0.25) is 17.7 Å². The zero-order chi connectivity index (χ0) is 20.1. The van der Waals surface area contributed by atoms with E-state index in [4.69, 9.17) is 10.5 Å². The number of fused-ring (bicyclic) bond motifs is 4. The number of ether oxygens (including phenoxy) is 1. The first-order chi connectivity index (χ1) is 13.5. The maximum Gasteiger partial charge on any atom is 0.323 e. The van der Waals surface area contributed by atoms with Crippen LogP contribution >= 0.6 is 0 Å². The van der Waals surface area contributed by atoms with Crippen LogP contribution in [0.25, 0.3) is 0 Å². The number of rotatable bonds is 4. The minimum atomic E-state index is -1.59. The third-order valence-electron chi connectivity index (χ3n) is 5.08. The molecule has 2 aliphatic rings. The van der Waals surface area contributed by atoms with Gasteiger partial charge in [0.05, 0.1) is 5.56 Å². The van der Waals surface area contributed by atoms with Crippen LogP contribution in [0.4, 0.5) is 5.69 Å². The van der Waals surface area contributed by atoms with Gasteiger partial charge in [0.1, 0.15) is 23.6 Å². The molecule has 3 heterocycles. The first-order valence-corrected chi connectivity index (χ1v) is 8.75. The van der Waals surface area contributed by atoms with Crippen LogP contribution < -0.4 is 15.4 Å². The molecule has 2 aromatic rings. The van der Waals surface area contributed by atoms with Gasteiger partial charge in [-0.25, -0.2) is 0 Å². The lowest BCUT2D eigenvalue weighted by atomic mass is 9.68. The molecule has 4 N–H and O–H groups in total. The van der Waals surface area contributed by atoms with Crippen molar-refractivity contribution in [3.05, 3.63) is 52.5 Å². The summed E-state index contributed by atoms with van der Waals surface area (Å²) in [5, 5.41) is 26.3. The Bertz CT molecular complexity index is 1080. The van der Waals surface area contributed by atoms with E-state index in [1.54, 1.807) is 24.3 Å². The fourth-order valence-electron chi connectivity index (χ4n) is 4.08. The van der Waals surface area contributed by atoms with Crippen LogP contribution in [0.2, 0.25) is 0 Å². The van der Waals surface area contributed by atoms with Gasteiger partial charge in [0, 0.05) is 16.9 Å². The van der Waals surface area contributed by atoms with Crippen molar-refractivity contribution in [1.29, 1.82) is 5.26 Å². The summed E-state index contributed by atoms with van der Waals surface area (Å²) >= 11 is 0. The van der Waals surface area contributed by atoms with E-state index in [-0.39, 0.29) is 17.3 Å². The molecule has 0 radical (unpaired) electrons. The summed E-state index contributed by atoms with van der Waals surface area (Å²) in [5.41, 5.74) is 6.33. The molecule has 0 unspecified atom stereocenters. The van der Waals surface area contributed by atoms with Crippen molar-refractivity contribution in [1.82, 2.24) is 10.2 Å². The smallest absolute Gasteiger partial charge is 0.323 e. The number of nitrogens with zero attached hydrogens (tertiary/aromatic N) is 3. The molecule has 9 nitrogen and oxygen atoms in total. The van der Waals surface area contributed by atoms with Gasteiger partial charge in [-0.3, -0.25) is 19.6 Å². The molecule has 1 atom stereocenters. The maximum absolute atomic E-state index is 13.7. The van der Waals surface area contributed by atoms with E-state index in [1.165, 1.54) is 4.90 Å². The summed E-state index contributed by atoms with van der Waals surface area (Å²) in [6, 6.07) is 8.83. The fourth-order valence-corrected chi connectivity index (χ4v) is 4.08. The SMILES string of the molecule is CCCc1[nH]nc2c1[C@]1(C(=O)N(CC(=O)O)c3ccccc31)C(C#N)=C(N)O2. The first-order valence-electron chi connectivity index (χ1n) is 8.75. The lowest BCUT2D eigenvalue weighted by molar-refractivity contribution is -0.136. The van der Waals surface area contributed by atoms with Crippen LogP contribution in [0.15, 0.2) is 35.7 Å². The lowest BCUT2D eigenvalue weighted by Crippen LogP contribution is -2.47. The highest BCUT2D eigenvalue weighted by Gasteiger charge is 2.61. The van der Waals surface area contributed by atoms with E-state index in [2.05, 4.69) is 10.2 Å². The highest BCUT2D eigenvalue weighted by atomic mass is 16.5. The molecule has 1 aromatic heterocycles. The van der Waals surface area contributed by atoms with Gasteiger partial charge >= 0.3 is 5.97 Å². The zero-order valence-corrected chi connectivity index (χ0v) is 15.0. The number of nitrogens with one attached hydrogen (secondary N) is 1. The molecule has 28 heavy (non-hydrogen) atoms. The number of nitrogens with two attached hydrogens (primary N) is 1. The van der Waals surface area contributed by atoms with Crippen molar-refractivity contribution in [2.45, 2.75) is 25.2 Å². The Morgan fingerprint density at radius 1 is 1.46 bits per heavy atom. The first kappa shape index (κ1) is 17.6. The standard InChI is InChI=1S/C19H17N5O4/c1-2-5-12-15-17(23-22-12)28-16(21)11(8-20)19(15)10-6-3-4-7-13(10)24(18(19)27)9-14(25)26/h3-4,6-7H,2,5,9,21H2,1H3,(H,22,23)(H,25,26)/t19-/m1/s1. The number of aryl methyl sites for hydroxylation is 1. The van der Waals surface area contributed by atoms with Crippen LogP contribution in [0.3, 0.4) is 0 Å². The minimum absolute atomic E-state index is 0.0657. The number of hydrogen-bond acceptors (Lipinski definition) is 6. The molecular weight excluding hydrogens is 362 g/mol. The molecule has 1 aromatic carbocycles. The average Bonchev–Trinajstić information content (AvgIpc) is 3.16. The Labute approximate surface area is 160 Å². The van der Waals surface area contributed by atoms with E-state index in [0.717, 1.165) is 6.42 Å². The molecule has 0 bridgehead atoms. The van der Waals surface area contributed by atoms with Crippen LogP contribution in [-0.2, 0) is 21.4 Å². The maximum atomic E-state index is 13.7. The van der Waals surface area contributed by atoms with Gasteiger partial charge in [-0.05, 0) is 12.5 Å². The quantitative estimate of drug-likeness (QED) is 0.723. The van der Waals surface area contributed by atoms with Gasteiger partial charge in [-0.1, -0.05) is 31.5 Å². The highest BCUT2D eigenvalue weighted by molar-refractivity contribution is 6.15. The largest absolute Gasteiger partial charge is 0.480 e. The van der Waals surface area contributed by atoms with Gasteiger partial charge < -0.3 is 15.6 Å². The molecule has 142 valence electrons. The number of carboxylic acid groups (broad SMARTS) is 1. The third-order valence-corrected chi connectivity index (χ3v) is 5.08. The van der Waals surface area contributed by atoms with Crippen LogP contribution in [0, 0.1) is 11.3 Å².